The van der Waals surface area contributed by atoms with E-state index in [0.29, 0.717) is 0 Å². The molecule has 0 atom stereocenters. The number of anilines is 1. The third kappa shape index (κ3) is 4.97. The highest BCUT2D eigenvalue weighted by Gasteiger charge is 2.18. The molecule has 0 aliphatic carbocycles. The van der Waals surface area contributed by atoms with Gasteiger partial charge >= 0.3 is 0 Å². The Morgan fingerprint density at radius 1 is 1.35 bits per heavy atom. The third-order valence-corrected chi connectivity index (χ3v) is 3.19. The zero-order valence-electron chi connectivity index (χ0n) is 13.7. The zero-order chi connectivity index (χ0) is 15.2. The van der Waals surface area contributed by atoms with Crippen LogP contribution in [0.1, 0.15) is 45.4 Å². The Bertz CT molecular complexity index is 432. The van der Waals surface area contributed by atoms with Crippen molar-refractivity contribution in [1.29, 1.82) is 0 Å². The molecule has 0 bridgehead atoms. The van der Waals surface area contributed by atoms with Crippen LogP contribution in [0.3, 0.4) is 0 Å². The van der Waals surface area contributed by atoms with E-state index in [1.54, 1.807) is 0 Å². The van der Waals surface area contributed by atoms with Crippen LogP contribution in [0.5, 0.6) is 0 Å². The standard InChI is InChI=1S/C17H29N3/c1-7-9-18-13-14-11-15(17(3,4)5)19-16(12-14)20(6)10-8-2/h8,11-12,18H,2,7,9-10,13H2,1,3-6H3. The highest BCUT2D eigenvalue weighted by atomic mass is 15.2. The molecule has 1 aromatic rings. The minimum Gasteiger partial charge on any atom is -0.356 e. The van der Waals surface area contributed by atoms with Gasteiger partial charge in [0.05, 0.1) is 0 Å². The summed E-state index contributed by atoms with van der Waals surface area (Å²) in [6.45, 7) is 15.3. The molecule has 0 saturated carbocycles. The summed E-state index contributed by atoms with van der Waals surface area (Å²) in [5.41, 5.74) is 2.49. The lowest BCUT2D eigenvalue weighted by Crippen LogP contribution is -2.23. The Hall–Kier alpha value is -1.35. The smallest absolute Gasteiger partial charge is 0.129 e. The number of nitrogens with zero attached hydrogens (tertiary/aromatic N) is 2. The monoisotopic (exact) mass is 275 g/mol. The molecule has 0 amide bonds. The van der Waals surface area contributed by atoms with Gasteiger partial charge in [-0.25, -0.2) is 4.98 Å². The van der Waals surface area contributed by atoms with Crippen LogP contribution in [0, 0.1) is 0 Å². The Kier molecular flexibility index (Phi) is 6.21. The maximum atomic E-state index is 4.80. The van der Waals surface area contributed by atoms with Crippen LogP contribution < -0.4 is 10.2 Å². The van der Waals surface area contributed by atoms with Crippen molar-refractivity contribution in [3.05, 3.63) is 36.0 Å². The molecule has 0 aliphatic rings. The third-order valence-electron chi connectivity index (χ3n) is 3.19. The molecule has 0 fully saturated rings. The van der Waals surface area contributed by atoms with Gasteiger partial charge in [-0.3, -0.25) is 0 Å². The van der Waals surface area contributed by atoms with Crippen LogP contribution >= 0.6 is 0 Å². The zero-order valence-corrected chi connectivity index (χ0v) is 13.7. The summed E-state index contributed by atoms with van der Waals surface area (Å²) in [7, 11) is 2.06. The van der Waals surface area contributed by atoms with Crippen LogP contribution in [0.15, 0.2) is 24.8 Å². The van der Waals surface area contributed by atoms with E-state index in [-0.39, 0.29) is 5.41 Å². The van der Waals surface area contributed by atoms with Crippen molar-refractivity contribution in [2.75, 3.05) is 25.0 Å². The second-order valence-electron chi connectivity index (χ2n) is 6.31. The maximum absolute atomic E-state index is 4.80. The second-order valence-corrected chi connectivity index (χ2v) is 6.31. The number of likely N-dealkylation sites (N-methyl/N-ethyl adjacent to an activating group) is 1. The topological polar surface area (TPSA) is 28.2 Å². The van der Waals surface area contributed by atoms with E-state index in [1.165, 1.54) is 5.56 Å². The maximum Gasteiger partial charge on any atom is 0.129 e. The first-order valence-corrected chi connectivity index (χ1v) is 7.42. The van der Waals surface area contributed by atoms with Gasteiger partial charge < -0.3 is 10.2 Å². The predicted octanol–water partition coefficient (Wildman–Crippen LogP) is 3.50. The molecule has 1 N–H and O–H groups in total. The van der Waals surface area contributed by atoms with Crippen LogP contribution in [-0.4, -0.2) is 25.1 Å². The minimum atomic E-state index is 0.0601. The van der Waals surface area contributed by atoms with Crippen molar-refractivity contribution < 1.29 is 0 Å². The van der Waals surface area contributed by atoms with Crippen molar-refractivity contribution in [3.63, 3.8) is 0 Å². The summed E-state index contributed by atoms with van der Waals surface area (Å²) in [5.74, 6) is 1.02. The van der Waals surface area contributed by atoms with E-state index in [1.807, 2.05) is 6.08 Å². The Balaban J connectivity index is 3.04. The van der Waals surface area contributed by atoms with E-state index >= 15 is 0 Å². The molecule has 1 heterocycles. The first-order chi connectivity index (χ1) is 9.38. The summed E-state index contributed by atoms with van der Waals surface area (Å²) >= 11 is 0. The number of hydrogen-bond donors (Lipinski definition) is 1. The number of pyridine rings is 1. The number of rotatable bonds is 7. The summed E-state index contributed by atoms with van der Waals surface area (Å²) in [6, 6.07) is 4.38. The summed E-state index contributed by atoms with van der Waals surface area (Å²) in [4.78, 5) is 6.93. The number of hydrogen-bond acceptors (Lipinski definition) is 3. The Morgan fingerprint density at radius 3 is 2.60 bits per heavy atom. The Labute approximate surface area is 124 Å². The SMILES string of the molecule is C=CCN(C)c1cc(CNCCC)cc(C(C)(C)C)n1. The summed E-state index contributed by atoms with van der Waals surface area (Å²) in [6.07, 6.45) is 3.06. The molecule has 0 spiro atoms. The molecule has 0 unspecified atom stereocenters. The van der Waals surface area contributed by atoms with Crippen LogP contribution in [-0.2, 0) is 12.0 Å². The van der Waals surface area contributed by atoms with Gasteiger partial charge in [-0.15, -0.1) is 6.58 Å². The van der Waals surface area contributed by atoms with Gasteiger partial charge in [0.2, 0.25) is 0 Å². The highest BCUT2D eigenvalue weighted by Crippen LogP contribution is 2.24. The average Bonchev–Trinajstić information content (AvgIpc) is 2.38. The van der Waals surface area contributed by atoms with Gasteiger partial charge in [0.15, 0.2) is 0 Å². The molecule has 112 valence electrons. The Morgan fingerprint density at radius 2 is 2.05 bits per heavy atom. The molecule has 20 heavy (non-hydrogen) atoms. The molecule has 1 rings (SSSR count). The second kappa shape index (κ2) is 7.44. The van der Waals surface area contributed by atoms with E-state index in [0.717, 1.165) is 37.6 Å². The largest absolute Gasteiger partial charge is 0.356 e. The van der Waals surface area contributed by atoms with Gasteiger partial charge in [-0.1, -0.05) is 33.8 Å². The average molecular weight is 275 g/mol. The molecule has 0 saturated heterocycles. The molecule has 0 aromatic carbocycles. The van der Waals surface area contributed by atoms with Crippen molar-refractivity contribution in [3.8, 4) is 0 Å². The molecule has 3 nitrogen and oxygen atoms in total. The predicted molar refractivity (Wildman–Crippen MR) is 88.4 cm³/mol. The fourth-order valence-corrected chi connectivity index (χ4v) is 1.95. The lowest BCUT2D eigenvalue weighted by Gasteiger charge is -2.23. The van der Waals surface area contributed by atoms with Gasteiger partial charge in [-0.05, 0) is 30.7 Å². The molecular formula is C17H29N3. The highest BCUT2D eigenvalue weighted by molar-refractivity contribution is 5.43. The van der Waals surface area contributed by atoms with E-state index in [2.05, 4.69) is 63.7 Å². The van der Waals surface area contributed by atoms with E-state index in [9.17, 15) is 0 Å². The quantitative estimate of drug-likeness (QED) is 0.610. The summed E-state index contributed by atoms with van der Waals surface area (Å²) in [5, 5.41) is 3.46. The van der Waals surface area contributed by atoms with Gasteiger partial charge in [0.25, 0.3) is 0 Å². The number of nitrogens with one attached hydrogen (secondary N) is 1. The van der Waals surface area contributed by atoms with Gasteiger partial charge in [0, 0.05) is 31.2 Å². The minimum absolute atomic E-state index is 0.0601. The van der Waals surface area contributed by atoms with Crippen molar-refractivity contribution >= 4 is 5.82 Å². The molecule has 0 aliphatic heterocycles. The first-order valence-electron chi connectivity index (χ1n) is 7.42. The van der Waals surface area contributed by atoms with Crippen LogP contribution in [0.2, 0.25) is 0 Å². The fraction of sp³-hybridized carbons (Fsp3) is 0.588. The lowest BCUT2D eigenvalue weighted by molar-refractivity contribution is 0.566. The summed E-state index contributed by atoms with van der Waals surface area (Å²) < 4.78 is 0. The molecular weight excluding hydrogens is 246 g/mol. The fourth-order valence-electron chi connectivity index (χ4n) is 1.95. The van der Waals surface area contributed by atoms with Crippen LogP contribution in [0.25, 0.3) is 0 Å². The van der Waals surface area contributed by atoms with Crippen molar-refractivity contribution in [1.82, 2.24) is 10.3 Å². The van der Waals surface area contributed by atoms with Crippen molar-refractivity contribution in [2.45, 2.75) is 46.1 Å². The van der Waals surface area contributed by atoms with Crippen molar-refractivity contribution in [2.24, 2.45) is 0 Å². The number of aromatic nitrogens is 1. The normalized spacial score (nSPS) is 11.4. The molecule has 1 aromatic heterocycles. The van der Waals surface area contributed by atoms with E-state index in [4.69, 9.17) is 4.98 Å². The van der Waals surface area contributed by atoms with Gasteiger partial charge in [0.1, 0.15) is 5.82 Å². The molecule has 0 radical (unpaired) electrons. The van der Waals surface area contributed by atoms with Gasteiger partial charge in [-0.2, -0.15) is 0 Å². The first kappa shape index (κ1) is 16.7. The van der Waals surface area contributed by atoms with E-state index < -0.39 is 0 Å². The lowest BCUT2D eigenvalue weighted by atomic mass is 9.90. The van der Waals surface area contributed by atoms with Crippen LogP contribution in [0.4, 0.5) is 5.82 Å². The molecule has 3 heteroatoms.